The van der Waals surface area contributed by atoms with E-state index in [4.69, 9.17) is 0 Å². The van der Waals surface area contributed by atoms with Gasteiger partial charge in [0.15, 0.2) is 0 Å². The van der Waals surface area contributed by atoms with Crippen LogP contribution in [0.2, 0.25) is 0 Å². The average Bonchev–Trinajstić information content (AvgIpc) is 4.01. The Bertz CT molecular complexity index is 1010. The third kappa shape index (κ3) is 33.4. The molecule has 8 aliphatic heterocycles. The SMILES string of the molecule is C.CN1C=CCC1.CN1C=CCCC1.CN1C=CCN1.CN1CC=CC1.CN1CC=CCC1.CN1CC=CCC1.CN1CC=CN1.CN1CCC=CCC1. The molecule has 0 radical (unpaired) electrons. The van der Waals surface area contributed by atoms with Crippen LogP contribution in [0.1, 0.15) is 52.4 Å². The number of hydrogen-bond donors (Lipinski definition) is 2. The van der Waals surface area contributed by atoms with Gasteiger partial charge in [-0.25, -0.2) is 10.4 Å². The molecule has 8 aliphatic rings. The summed E-state index contributed by atoms with van der Waals surface area (Å²) in [4.78, 5) is 13.6. The van der Waals surface area contributed by atoms with Crippen molar-refractivity contribution in [3.05, 3.63) is 97.7 Å². The zero-order chi connectivity index (χ0) is 38.8. The summed E-state index contributed by atoms with van der Waals surface area (Å²) in [5.41, 5.74) is 6.01. The maximum atomic E-state index is 3.04. The first-order valence-corrected chi connectivity index (χ1v) is 20.0. The summed E-state index contributed by atoms with van der Waals surface area (Å²) >= 11 is 0. The highest BCUT2D eigenvalue weighted by atomic mass is 15.5. The Hall–Kier alpha value is -3.12. The van der Waals surface area contributed by atoms with Gasteiger partial charge in [-0.3, -0.25) is 4.90 Å². The lowest BCUT2D eigenvalue weighted by molar-refractivity contribution is 0.332. The molecule has 310 valence electrons. The molecular weight excluding hydrogens is 669 g/mol. The molecule has 54 heavy (non-hydrogen) atoms. The number of rotatable bonds is 0. The van der Waals surface area contributed by atoms with E-state index in [0.717, 1.165) is 39.3 Å². The van der Waals surface area contributed by atoms with Gasteiger partial charge in [0.1, 0.15) is 0 Å². The fraction of sp³-hybridized carbons (Fsp3) is 0.636. The summed E-state index contributed by atoms with van der Waals surface area (Å²) in [7, 11) is 16.7. The van der Waals surface area contributed by atoms with Crippen molar-refractivity contribution < 1.29 is 0 Å². The minimum Gasteiger partial charge on any atom is -0.381 e. The fourth-order valence-corrected chi connectivity index (χ4v) is 5.34. The lowest BCUT2D eigenvalue weighted by Gasteiger charge is -2.16. The van der Waals surface area contributed by atoms with Crippen molar-refractivity contribution >= 4 is 0 Å². The first-order valence-electron chi connectivity index (χ1n) is 20.0. The molecule has 0 aromatic rings. The molecule has 2 N–H and O–H groups in total. The third-order valence-electron chi connectivity index (χ3n) is 8.87. The molecule has 10 heteroatoms. The second-order valence-corrected chi connectivity index (χ2v) is 14.5. The third-order valence-corrected chi connectivity index (χ3v) is 8.87. The van der Waals surface area contributed by atoms with E-state index in [1.165, 1.54) is 84.2 Å². The minimum absolute atomic E-state index is 0. The van der Waals surface area contributed by atoms with E-state index in [-0.39, 0.29) is 7.43 Å². The Balaban J connectivity index is 0.000000594. The Morgan fingerprint density at radius 3 is 1.07 bits per heavy atom. The molecule has 0 aliphatic carbocycles. The first kappa shape index (κ1) is 50.9. The van der Waals surface area contributed by atoms with E-state index in [2.05, 4.69) is 168 Å². The van der Waals surface area contributed by atoms with Gasteiger partial charge in [-0.2, -0.15) is 0 Å². The Kier molecular flexibility index (Phi) is 33.5. The molecular formula is C44H84N10. The van der Waals surface area contributed by atoms with Crippen LogP contribution in [0.15, 0.2) is 97.7 Å². The van der Waals surface area contributed by atoms with Crippen molar-refractivity contribution in [1.29, 1.82) is 0 Å². The summed E-state index contributed by atoms with van der Waals surface area (Å²) in [6.07, 6.45) is 43.3. The van der Waals surface area contributed by atoms with E-state index in [0.29, 0.717) is 0 Å². The van der Waals surface area contributed by atoms with Crippen LogP contribution in [0.3, 0.4) is 0 Å². The highest BCUT2D eigenvalue weighted by Gasteiger charge is 1.99. The monoisotopic (exact) mass is 753 g/mol. The number of nitrogens with zero attached hydrogens (tertiary/aromatic N) is 8. The Labute approximate surface area is 334 Å². The van der Waals surface area contributed by atoms with Gasteiger partial charge in [-0.1, -0.05) is 80.3 Å². The highest BCUT2D eigenvalue weighted by Crippen LogP contribution is 2.01. The van der Waals surface area contributed by atoms with Gasteiger partial charge in [0.25, 0.3) is 0 Å². The molecule has 0 saturated carbocycles. The van der Waals surface area contributed by atoms with Gasteiger partial charge in [-0.05, 0) is 85.5 Å². The number of nitrogens with one attached hydrogen (secondary N) is 2. The molecule has 0 atom stereocenters. The van der Waals surface area contributed by atoms with E-state index in [1.807, 2.05) is 36.5 Å². The highest BCUT2D eigenvalue weighted by molar-refractivity contribution is 4.94. The summed E-state index contributed by atoms with van der Waals surface area (Å²) in [6, 6.07) is 0. The van der Waals surface area contributed by atoms with Crippen molar-refractivity contribution in [2.24, 2.45) is 0 Å². The number of likely N-dealkylation sites (N-methyl/N-ethyl adjacent to an activating group) is 4. The van der Waals surface area contributed by atoms with Crippen molar-refractivity contribution in [2.45, 2.75) is 52.4 Å². The molecule has 0 bridgehead atoms. The summed E-state index contributed by atoms with van der Waals surface area (Å²) in [6.45, 7) is 13.9. The van der Waals surface area contributed by atoms with E-state index in [9.17, 15) is 0 Å². The van der Waals surface area contributed by atoms with Crippen LogP contribution in [0, 0.1) is 0 Å². The van der Waals surface area contributed by atoms with Gasteiger partial charge in [0.05, 0.1) is 0 Å². The zero-order valence-electron chi connectivity index (χ0n) is 35.3. The largest absolute Gasteiger partial charge is 0.381 e. The molecule has 0 aromatic heterocycles. The molecule has 0 spiro atoms. The summed E-state index contributed by atoms with van der Waals surface area (Å²) in [5.74, 6) is 0. The van der Waals surface area contributed by atoms with E-state index in [1.54, 1.807) is 0 Å². The molecule has 8 rings (SSSR count). The van der Waals surface area contributed by atoms with Crippen LogP contribution >= 0.6 is 0 Å². The molecule has 0 amide bonds. The van der Waals surface area contributed by atoms with Gasteiger partial charge < -0.3 is 34.9 Å². The minimum atomic E-state index is 0. The van der Waals surface area contributed by atoms with Crippen LogP contribution in [0.25, 0.3) is 0 Å². The van der Waals surface area contributed by atoms with E-state index < -0.39 is 0 Å². The van der Waals surface area contributed by atoms with Crippen molar-refractivity contribution in [3.63, 3.8) is 0 Å². The second-order valence-electron chi connectivity index (χ2n) is 14.5. The van der Waals surface area contributed by atoms with Crippen molar-refractivity contribution in [1.82, 2.24) is 50.3 Å². The maximum absolute atomic E-state index is 3.04. The standard InChI is InChI=1S/C7H13N.3C6H11N.2C5H9N.2C4H8N2.CH4/c1-8-6-4-2-3-5-7-8;3*1-7-5-3-2-4-6-7;4*1-6-4-2-3-5-6;/h2-3H,4-7H2,1H3;3,5H,2,4,6H2,1H3;2*2-3H,4-6H2,1H3;2,4H,3,5H2,1H3;2-3H,4-5H2,1H3;2,4-5H,3H2,1H3;2-3,5H,4H2,1H3;1H4. The summed E-state index contributed by atoms with van der Waals surface area (Å²) in [5, 5.41) is 3.93. The number of hydrogen-bond acceptors (Lipinski definition) is 10. The second kappa shape index (κ2) is 35.6. The average molecular weight is 753 g/mol. The molecule has 0 unspecified atom stereocenters. The fourth-order valence-electron chi connectivity index (χ4n) is 5.34. The topological polar surface area (TPSA) is 50.0 Å². The Morgan fingerprint density at radius 1 is 0.389 bits per heavy atom. The van der Waals surface area contributed by atoms with Crippen LogP contribution in [0.4, 0.5) is 0 Å². The quantitative estimate of drug-likeness (QED) is 0.284. The smallest absolute Gasteiger partial charge is 0.0373 e. The predicted octanol–water partition coefficient (Wildman–Crippen LogP) is 6.11. The van der Waals surface area contributed by atoms with E-state index >= 15 is 0 Å². The van der Waals surface area contributed by atoms with Gasteiger partial charge in [0, 0.05) is 119 Å². The molecule has 8 heterocycles. The van der Waals surface area contributed by atoms with Crippen LogP contribution in [-0.2, 0) is 0 Å². The van der Waals surface area contributed by atoms with Gasteiger partial charge >= 0.3 is 0 Å². The predicted molar refractivity (Wildman–Crippen MR) is 239 cm³/mol. The Morgan fingerprint density at radius 2 is 0.852 bits per heavy atom. The lowest BCUT2D eigenvalue weighted by atomic mass is 10.2. The van der Waals surface area contributed by atoms with Crippen LogP contribution in [-0.4, -0.2) is 174 Å². The molecule has 0 aromatic carbocycles. The van der Waals surface area contributed by atoms with Crippen LogP contribution in [0.5, 0.6) is 0 Å². The summed E-state index contributed by atoms with van der Waals surface area (Å²) < 4.78 is 0. The zero-order valence-corrected chi connectivity index (χ0v) is 35.3. The van der Waals surface area contributed by atoms with Gasteiger partial charge in [0.2, 0.25) is 0 Å². The number of hydrazine groups is 2. The number of allylic oxidation sites excluding steroid dienone is 1. The van der Waals surface area contributed by atoms with Crippen molar-refractivity contribution in [3.8, 4) is 0 Å². The molecule has 0 fully saturated rings. The lowest BCUT2D eigenvalue weighted by Crippen LogP contribution is -2.24. The molecule has 10 nitrogen and oxygen atoms in total. The first-order chi connectivity index (χ1) is 25.7. The van der Waals surface area contributed by atoms with Crippen LogP contribution < -0.4 is 10.9 Å². The normalized spacial score (nSPS) is 21.4. The molecule has 0 saturated heterocycles. The van der Waals surface area contributed by atoms with Gasteiger partial charge in [-0.15, -0.1) is 0 Å². The van der Waals surface area contributed by atoms with Crippen molar-refractivity contribution in [2.75, 3.05) is 135 Å². The maximum Gasteiger partial charge on any atom is 0.0373 e.